The minimum absolute atomic E-state index is 0. The van der Waals surface area contributed by atoms with E-state index in [2.05, 4.69) is 41.3 Å². The Hall–Kier alpha value is -4.05. The van der Waals surface area contributed by atoms with Gasteiger partial charge in [-0.3, -0.25) is 38.8 Å². The zero-order valence-electron chi connectivity index (χ0n) is 31.7. The Morgan fingerprint density at radius 3 is 2.07 bits per heavy atom. The first-order valence-electron chi connectivity index (χ1n) is 16.5. The third kappa shape index (κ3) is 10.6. The molecule has 302 valence electrons. The van der Waals surface area contributed by atoms with Crippen LogP contribution in [0.2, 0.25) is 0 Å². The molecule has 4 N–H and O–H groups in total. The molecule has 0 radical (unpaired) electrons. The molecule has 0 bridgehead atoms. The molecule has 4 aliphatic heterocycles. The van der Waals surface area contributed by atoms with Gasteiger partial charge >= 0.3 is 47.5 Å². The van der Waals surface area contributed by atoms with Crippen LogP contribution >= 0.6 is 58.4 Å². The summed E-state index contributed by atoms with van der Waals surface area (Å²) in [5, 5.41) is 42.8. The van der Waals surface area contributed by atoms with Gasteiger partial charge in [-0.05, 0) is 35.1 Å². The molecular weight excluding hydrogens is 870 g/mol. The molecule has 3 aromatic heterocycles. The summed E-state index contributed by atoms with van der Waals surface area (Å²) >= 11 is 6.88. The van der Waals surface area contributed by atoms with E-state index in [-0.39, 0.29) is 67.2 Å². The predicted molar refractivity (Wildman–Crippen MR) is 205 cm³/mol. The van der Waals surface area contributed by atoms with Gasteiger partial charge in [-0.1, -0.05) is 23.1 Å². The van der Waals surface area contributed by atoms with Gasteiger partial charge < -0.3 is 27.0 Å². The Kier molecular flexibility index (Phi) is 15.7. The molecule has 7 rings (SSSR count). The maximum atomic E-state index is 12.6. The van der Waals surface area contributed by atoms with Gasteiger partial charge in [0.25, 0.3) is 11.8 Å². The van der Waals surface area contributed by atoms with E-state index in [0.717, 1.165) is 19.1 Å². The Labute approximate surface area is 373 Å². The summed E-state index contributed by atoms with van der Waals surface area (Å²) in [6.07, 6.45) is 4.54. The van der Waals surface area contributed by atoms with Gasteiger partial charge in [0.2, 0.25) is 11.8 Å². The molecular formula is C31H32N11NaO10S5. The van der Waals surface area contributed by atoms with Crippen molar-refractivity contribution in [1.82, 2.24) is 55.8 Å². The fourth-order valence-electron chi connectivity index (χ4n) is 5.68. The number of aryl methyl sites for hydroxylation is 1. The van der Waals surface area contributed by atoms with Crippen molar-refractivity contribution in [3.05, 3.63) is 58.4 Å². The molecule has 0 aliphatic carbocycles. The monoisotopic (exact) mass is 901 g/mol. The van der Waals surface area contributed by atoms with Crippen LogP contribution in [-0.2, 0) is 44.8 Å². The van der Waals surface area contributed by atoms with Crippen LogP contribution in [0.5, 0.6) is 0 Å². The standard InChI is InChI=1S/C17H17N3O6S2.C14H14N8O4S3.Na.H/c1-9(21)26-6-10-7-28-16-13(15(23)20(16)14(10)17(24)25)19-12(22)8-27-11-2-4-18-5-3-11;1-6-17-18-14(29-6)28-4-7-3-27-12-9(11(24)22(12)10(7)13(25)26)16-8(23)2-21-5-15-19-20-21;;/h2-5,13,16H,6-8H2,1H3,(H,19,22)(H,24,25);5,9,12H,2-4H2,1H3,(H,16,23)(H,25,26);;/q;;+1;-1/t13-,16-;9-,12-;;/m11../s1. The minimum Gasteiger partial charge on any atom is -1.00 e. The SMILES string of the molecule is CC(=O)OCC1=C(C(=O)O)N2C(=O)[C@@H](NC(=O)CSc3ccncc3)[C@H]2SC1.Cc1nnc(SCC2=C(C(=O)O)N3C(=O)[C@@H](NC(=O)Cn4cnnn4)[C@H]3SC2)s1.[H-].[Na+]. The van der Waals surface area contributed by atoms with Crippen molar-refractivity contribution >= 4 is 99.9 Å². The normalized spacial score (nSPS) is 20.6. The summed E-state index contributed by atoms with van der Waals surface area (Å²) < 4.78 is 6.86. The number of pyridine rings is 1. The molecule has 0 aromatic carbocycles. The second kappa shape index (κ2) is 20.3. The number of esters is 1. The number of hydrogen-bond acceptors (Lipinski definition) is 19. The number of carboxylic acids is 2. The van der Waals surface area contributed by atoms with Crippen LogP contribution in [0.3, 0.4) is 0 Å². The van der Waals surface area contributed by atoms with Crippen molar-refractivity contribution in [2.24, 2.45) is 0 Å². The van der Waals surface area contributed by atoms with Crippen LogP contribution in [0, 0.1) is 6.92 Å². The van der Waals surface area contributed by atoms with Gasteiger partial charge in [0, 0.05) is 47.0 Å². The molecule has 4 atom stereocenters. The number of nitrogens with one attached hydrogen (secondary N) is 2. The van der Waals surface area contributed by atoms with Gasteiger partial charge in [0.15, 0.2) is 4.34 Å². The van der Waals surface area contributed by atoms with E-state index in [1.165, 1.54) is 81.2 Å². The summed E-state index contributed by atoms with van der Waals surface area (Å²) in [5.74, 6) is -3.36. The summed E-state index contributed by atoms with van der Waals surface area (Å²) in [7, 11) is 0. The number of tetrazole rings is 1. The van der Waals surface area contributed by atoms with Crippen molar-refractivity contribution in [2.45, 2.75) is 52.5 Å². The maximum Gasteiger partial charge on any atom is 1.00 e. The summed E-state index contributed by atoms with van der Waals surface area (Å²) in [6, 6.07) is 2.00. The zero-order valence-corrected chi connectivity index (χ0v) is 36.7. The first kappa shape index (κ1) is 45.0. The first-order valence-corrected chi connectivity index (χ1v) is 21.4. The van der Waals surface area contributed by atoms with Crippen LogP contribution in [0.15, 0.2) is 62.6 Å². The molecule has 0 unspecified atom stereocenters. The maximum absolute atomic E-state index is 12.6. The van der Waals surface area contributed by atoms with Crippen molar-refractivity contribution in [3.8, 4) is 0 Å². The second-order valence-electron chi connectivity index (χ2n) is 12.1. The number of carboxylic acid groups (broad SMARTS) is 2. The molecule has 0 spiro atoms. The number of amides is 4. The van der Waals surface area contributed by atoms with Gasteiger partial charge in [-0.2, -0.15) is 0 Å². The number of rotatable bonds is 14. The van der Waals surface area contributed by atoms with Crippen LogP contribution in [0.1, 0.15) is 13.4 Å². The second-order valence-corrected chi connectivity index (χ2v) is 17.7. The summed E-state index contributed by atoms with van der Waals surface area (Å²) in [5.41, 5.74) is 0.809. The predicted octanol–water partition coefficient (Wildman–Crippen LogP) is -3.04. The zero-order chi connectivity index (χ0) is 40.8. The van der Waals surface area contributed by atoms with Crippen LogP contribution in [-0.4, -0.2) is 149 Å². The van der Waals surface area contributed by atoms with Gasteiger partial charge in [-0.25, -0.2) is 14.3 Å². The van der Waals surface area contributed by atoms with Crippen LogP contribution in [0.25, 0.3) is 0 Å². The van der Waals surface area contributed by atoms with E-state index in [4.69, 9.17) is 4.74 Å². The molecule has 21 nitrogen and oxygen atoms in total. The summed E-state index contributed by atoms with van der Waals surface area (Å²) in [4.78, 5) is 91.0. The van der Waals surface area contributed by atoms with E-state index >= 15 is 0 Å². The van der Waals surface area contributed by atoms with Crippen LogP contribution in [0.4, 0.5) is 0 Å². The Morgan fingerprint density at radius 2 is 1.52 bits per heavy atom. The smallest absolute Gasteiger partial charge is 1.00 e. The fourth-order valence-corrected chi connectivity index (χ4v) is 11.0. The number of nitrogens with zero attached hydrogens (tertiary/aromatic N) is 9. The quantitative estimate of drug-likeness (QED) is 0.0541. The van der Waals surface area contributed by atoms with Gasteiger partial charge in [0.05, 0.1) is 5.75 Å². The van der Waals surface area contributed by atoms with Crippen LogP contribution < -0.4 is 40.2 Å². The summed E-state index contributed by atoms with van der Waals surface area (Å²) in [6.45, 7) is 2.76. The van der Waals surface area contributed by atoms with E-state index in [9.17, 15) is 43.8 Å². The molecule has 4 aliphatic rings. The third-order valence-electron chi connectivity index (χ3n) is 8.18. The molecule has 2 fully saturated rings. The number of thioether (sulfide) groups is 4. The largest absolute Gasteiger partial charge is 1.00 e. The molecule has 0 saturated carbocycles. The van der Waals surface area contributed by atoms with E-state index in [1.807, 2.05) is 6.92 Å². The number of hydrogen-bond donors (Lipinski definition) is 4. The number of aromatic nitrogens is 7. The van der Waals surface area contributed by atoms with E-state index in [1.54, 1.807) is 24.5 Å². The van der Waals surface area contributed by atoms with Crippen molar-refractivity contribution in [1.29, 1.82) is 0 Å². The molecule has 7 heterocycles. The Morgan fingerprint density at radius 1 is 0.914 bits per heavy atom. The number of ether oxygens (including phenoxy) is 1. The number of carbonyl (C=O) groups is 7. The van der Waals surface area contributed by atoms with Crippen molar-refractivity contribution in [3.63, 3.8) is 0 Å². The van der Waals surface area contributed by atoms with Crippen molar-refractivity contribution < 1.29 is 79.5 Å². The molecule has 4 amide bonds. The number of carbonyl (C=O) groups excluding carboxylic acids is 5. The third-order valence-corrected chi connectivity index (χ3v) is 13.9. The Bertz CT molecular complexity index is 2150. The molecule has 2 saturated heterocycles. The van der Waals surface area contributed by atoms with Gasteiger partial charge in [-0.15, -0.1) is 50.6 Å². The molecule has 3 aromatic rings. The molecule has 27 heteroatoms. The number of aliphatic carboxylic acids is 2. The number of β-lactam (4-membered cyclic amide) rings is 2. The van der Waals surface area contributed by atoms with E-state index < -0.39 is 58.5 Å². The topological polar surface area (TPSA) is 282 Å². The molecule has 58 heavy (non-hydrogen) atoms. The fraction of sp³-hybridized carbons (Fsp3) is 0.387. The number of fused-ring (bicyclic) bond motifs is 2. The minimum atomic E-state index is -1.26. The Balaban J connectivity index is 0.000000252. The average Bonchev–Trinajstić information content (AvgIpc) is 3.87. The van der Waals surface area contributed by atoms with Gasteiger partial charge in [0.1, 0.15) is 58.7 Å². The average molecular weight is 902 g/mol. The van der Waals surface area contributed by atoms with Crippen molar-refractivity contribution in [2.75, 3.05) is 29.6 Å². The first-order chi connectivity index (χ1) is 27.3. The van der Waals surface area contributed by atoms with E-state index in [0.29, 0.717) is 28.4 Å².